The molecule has 4 aromatic carbocycles. The minimum atomic E-state index is 0.260. The highest BCUT2D eigenvalue weighted by molar-refractivity contribution is 6.09. The first-order valence-corrected chi connectivity index (χ1v) is 16.6. The first-order chi connectivity index (χ1) is 22.6. The molecule has 0 saturated heterocycles. The summed E-state index contributed by atoms with van der Waals surface area (Å²) in [4.78, 5) is 4.73. The molecule has 0 aliphatic carbocycles. The largest absolute Gasteiger partial charge is 0.457 e. The Morgan fingerprint density at radius 1 is 0.660 bits per heavy atom. The van der Waals surface area contributed by atoms with E-state index in [0.717, 1.165) is 39.7 Å². The van der Waals surface area contributed by atoms with Crippen molar-refractivity contribution in [2.24, 2.45) is 0 Å². The van der Waals surface area contributed by atoms with Crippen LogP contribution in [0.2, 0.25) is 0 Å². The van der Waals surface area contributed by atoms with E-state index < -0.39 is 0 Å². The van der Waals surface area contributed by atoms with Crippen LogP contribution in [0.25, 0.3) is 44.4 Å². The lowest BCUT2D eigenvalue weighted by atomic mass is 9.90. The third-order valence-corrected chi connectivity index (χ3v) is 9.33. The van der Waals surface area contributed by atoms with Gasteiger partial charge in [-0.05, 0) is 110 Å². The molecule has 0 spiro atoms. The van der Waals surface area contributed by atoms with Gasteiger partial charge < -0.3 is 4.74 Å². The van der Waals surface area contributed by atoms with Crippen molar-refractivity contribution in [3.63, 3.8) is 0 Å². The van der Waals surface area contributed by atoms with Crippen LogP contribution in [0.5, 0.6) is 11.5 Å². The first-order valence-electron chi connectivity index (χ1n) is 16.6. The Bertz CT molecular complexity index is 2260. The smallest absolute Gasteiger partial charge is 0.137 e. The molecule has 0 aliphatic heterocycles. The molecule has 0 amide bonds. The summed E-state index contributed by atoms with van der Waals surface area (Å²) in [5.74, 6) is 2.96. The van der Waals surface area contributed by atoms with E-state index in [1.54, 1.807) is 0 Å². The van der Waals surface area contributed by atoms with Crippen LogP contribution in [0.4, 0.5) is 0 Å². The monoisotopic (exact) mass is 618 g/mol. The number of benzene rings is 4. The van der Waals surface area contributed by atoms with Crippen molar-refractivity contribution in [3.05, 3.63) is 131 Å². The molecule has 5 nitrogen and oxygen atoms in total. The molecule has 0 saturated carbocycles. The van der Waals surface area contributed by atoms with Crippen LogP contribution in [0.15, 0.2) is 97.2 Å². The number of aryl methyl sites for hydroxylation is 3. The van der Waals surface area contributed by atoms with E-state index in [-0.39, 0.29) is 11.8 Å². The van der Waals surface area contributed by atoms with Crippen LogP contribution in [0.3, 0.4) is 0 Å². The Kier molecular flexibility index (Phi) is 7.71. The van der Waals surface area contributed by atoms with Crippen LogP contribution >= 0.6 is 0 Å². The molecule has 3 heterocycles. The van der Waals surface area contributed by atoms with E-state index in [9.17, 15) is 0 Å². The van der Waals surface area contributed by atoms with Crippen molar-refractivity contribution in [1.29, 1.82) is 0 Å². The zero-order valence-electron chi connectivity index (χ0n) is 28.6. The number of ether oxygens (including phenoxy) is 1. The fourth-order valence-electron chi connectivity index (χ4n) is 6.78. The van der Waals surface area contributed by atoms with Crippen molar-refractivity contribution in [2.45, 2.75) is 67.2 Å². The summed E-state index contributed by atoms with van der Waals surface area (Å²) >= 11 is 0. The molecule has 0 aliphatic rings. The number of nitrogens with zero attached hydrogens (tertiary/aromatic N) is 4. The van der Waals surface area contributed by atoms with E-state index in [4.69, 9.17) is 14.8 Å². The average molecular weight is 619 g/mol. The van der Waals surface area contributed by atoms with Crippen LogP contribution in [-0.4, -0.2) is 19.3 Å². The lowest BCUT2D eigenvalue weighted by Crippen LogP contribution is -2.05. The van der Waals surface area contributed by atoms with E-state index in [2.05, 4.69) is 144 Å². The SMILES string of the molecule is Cc1ccnc(-n2c3ccccc3c3ccc(Oc4cccc(-n5nc(C(C)C)c(-c6cc(C)c(C)c(C)c6)c5C(C)C)c4)cc32)c1. The minimum absolute atomic E-state index is 0.260. The predicted octanol–water partition coefficient (Wildman–Crippen LogP) is 11.3. The van der Waals surface area contributed by atoms with Crippen molar-refractivity contribution in [3.8, 4) is 34.1 Å². The standard InChI is InChI=1S/C42H42N4O/c1-25(2)41-40(31-21-28(6)30(8)29(7)22-31)42(26(3)4)46(44-41)32-12-11-13-33(23-32)47-34-16-17-36-35-14-9-10-15-37(35)45(38(36)24-34)39-20-27(5)18-19-43-39/h9-26H,1-8H3. The van der Waals surface area contributed by atoms with Crippen LogP contribution in [0, 0.1) is 27.7 Å². The quantitative estimate of drug-likeness (QED) is 0.178. The highest BCUT2D eigenvalue weighted by atomic mass is 16.5. The second kappa shape index (κ2) is 11.9. The molecule has 0 fully saturated rings. The van der Waals surface area contributed by atoms with Crippen LogP contribution in [-0.2, 0) is 0 Å². The molecule has 7 aromatic rings. The number of pyridine rings is 1. The number of fused-ring (bicyclic) bond motifs is 3. The van der Waals surface area contributed by atoms with Gasteiger partial charge in [-0.3, -0.25) is 4.57 Å². The molecule has 0 bridgehead atoms. The van der Waals surface area contributed by atoms with Gasteiger partial charge in [0.05, 0.1) is 28.1 Å². The van der Waals surface area contributed by atoms with E-state index in [0.29, 0.717) is 0 Å². The summed E-state index contributed by atoms with van der Waals surface area (Å²) < 4.78 is 11.0. The van der Waals surface area contributed by atoms with Gasteiger partial charge in [0.1, 0.15) is 17.3 Å². The van der Waals surface area contributed by atoms with Crippen molar-refractivity contribution < 1.29 is 4.74 Å². The average Bonchev–Trinajstić information content (AvgIpc) is 3.61. The predicted molar refractivity (Wildman–Crippen MR) is 195 cm³/mol. The highest BCUT2D eigenvalue weighted by Crippen LogP contribution is 2.40. The van der Waals surface area contributed by atoms with Crippen LogP contribution in [0.1, 0.15) is 73.2 Å². The second-order valence-corrected chi connectivity index (χ2v) is 13.4. The molecule has 7 rings (SSSR count). The summed E-state index contributed by atoms with van der Waals surface area (Å²) in [6.45, 7) is 17.7. The number of para-hydroxylation sites is 1. The lowest BCUT2D eigenvalue weighted by Gasteiger charge is -2.16. The topological polar surface area (TPSA) is 44.9 Å². The highest BCUT2D eigenvalue weighted by Gasteiger charge is 2.25. The normalized spacial score (nSPS) is 11.8. The summed E-state index contributed by atoms with van der Waals surface area (Å²) in [7, 11) is 0. The van der Waals surface area contributed by atoms with Gasteiger partial charge in [0.25, 0.3) is 0 Å². The summed E-state index contributed by atoms with van der Waals surface area (Å²) in [5, 5.41) is 7.63. The second-order valence-electron chi connectivity index (χ2n) is 13.4. The minimum Gasteiger partial charge on any atom is -0.457 e. The first kappa shape index (κ1) is 30.5. The number of hydrogen-bond donors (Lipinski definition) is 0. The molecule has 0 atom stereocenters. The zero-order chi connectivity index (χ0) is 33.0. The number of rotatable bonds is 7. The molecular weight excluding hydrogens is 576 g/mol. The Hall–Kier alpha value is -5.16. The van der Waals surface area contributed by atoms with Gasteiger partial charge in [-0.25, -0.2) is 9.67 Å². The van der Waals surface area contributed by atoms with Gasteiger partial charge in [0.2, 0.25) is 0 Å². The Balaban J connectivity index is 1.33. The van der Waals surface area contributed by atoms with Gasteiger partial charge in [-0.1, -0.05) is 64.1 Å². The maximum Gasteiger partial charge on any atom is 0.137 e. The molecule has 236 valence electrons. The van der Waals surface area contributed by atoms with Crippen molar-refractivity contribution in [2.75, 3.05) is 0 Å². The molecule has 3 aromatic heterocycles. The molecular formula is C42H42N4O. The lowest BCUT2D eigenvalue weighted by molar-refractivity contribution is 0.482. The van der Waals surface area contributed by atoms with Crippen molar-refractivity contribution >= 4 is 21.8 Å². The summed E-state index contributed by atoms with van der Waals surface area (Å²) in [6, 6.07) is 31.9. The third-order valence-electron chi connectivity index (χ3n) is 9.33. The molecule has 5 heteroatoms. The molecule has 0 N–H and O–H groups in total. The Labute approximate surface area is 277 Å². The van der Waals surface area contributed by atoms with E-state index in [1.165, 1.54) is 49.8 Å². The van der Waals surface area contributed by atoms with E-state index >= 15 is 0 Å². The Morgan fingerprint density at radius 3 is 2.11 bits per heavy atom. The molecule has 0 radical (unpaired) electrons. The van der Waals surface area contributed by atoms with Gasteiger partial charge in [0.15, 0.2) is 0 Å². The maximum atomic E-state index is 6.60. The number of hydrogen-bond acceptors (Lipinski definition) is 3. The molecule has 47 heavy (non-hydrogen) atoms. The third kappa shape index (κ3) is 5.40. The van der Waals surface area contributed by atoms with Gasteiger partial charge in [-0.2, -0.15) is 5.10 Å². The van der Waals surface area contributed by atoms with Gasteiger partial charge >= 0.3 is 0 Å². The van der Waals surface area contributed by atoms with Gasteiger partial charge in [0, 0.05) is 34.7 Å². The van der Waals surface area contributed by atoms with Crippen LogP contribution < -0.4 is 4.74 Å². The van der Waals surface area contributed by atoms with Crippen molar-refractivity contribution in [1.82, 2.24) is 19.3 Å². The zero-order valence-corrected chi connectivity index (χ0v) is 28.6. The Morgan fingerprint density at radius 2 is 1.38 bits per heavy atom. The van der Waals surface area contributed by atoms with Gasteiger partial charge in [-0.15, -0.1) is 0 Å². The summed E-state index contributed by atoms with van der Waals surface area (Å²) in [5.41, 5.74) is 13.1. The fourth-order valence-corrected chi connectivity index (χ4v) is 6.78. The molecule has 0 unspecified atom stereocenters. The fraction of sp³-hybridized carbons (Fsp3) is 0.238. The maximum absolute atomic E-state index is 6.60. The van der Waals surface area contributed by atoms with E-state index in [1.807, 2.05) is 18.3 Å². The number of aromatic nitrogens is 4. The summed E-state index contributed by atoms with van der Waals surface area (Å²) in [6.07, 6.45) is 1.87.